The molecule has 1 aromatic rings. The Labute approximate surface area is 150 Å². The molecule has 6 nitrogen and oxygen atoms in total. The maximum absolute atomic E-state index is 10.5. The molecule has 0 aromatic carbocycles. The van der Waals surface area contributed by atoms with Gasteiger partial charge in [0.25, 0.3) is 0 Å². The molecule has 0 aliphatic heterocycles. The Hall–Kier alpha value is -1.53. The molecular weight excluding hydrogens is 316 g/mol. The molecule has 3 N–H and O–H groups in total. The van der Waals surface area contributed by atoms with Crippen LogP contribution in [0.15, 0.2) is 27.8 Å². The minimum Gasteiger partial charge on any atom is -0.466 e. The Morgan fingerprint density at radius 2 is 2.16 bits per heavy atom. The average Bonchev–Trinajstić information content (AvgIpc) is 3.51. The topological polar surface area (TPSA) is 73.0 Å². The average molecular weight is 348 g/mol. The molecule has 25 heavy (non-hydrogen) atoms. The number of aliphatic hydroxyl groups is 1. The van der Waals surface area contributed by atoms with Crippen molar-refractivity contribution in [2.24, 2.45) is 10.9 Å². The lowest BCUT2D eigenvalue weighted by molar-refractivity contribution is 0.0437. The van der Waals surface area contributed by atoms with Crippen LogP contribution in [0.5, 0.6) is 0 Å². The standard InChI is InChI=1S/C19H32N4O2/c1-3-20-18(22-14-19(2,24)17-5-4-12-25-17)21-10-11-23(16-8-9-16)13-15-6-7-15/h4-5,12,15-16,24H,3,6-11,13-14H2,1-2H3,(H2,20,21,22). The quantitative estimate of drug-likeness (QED) is 0.445. The highest BCUT2D eigenvalue weighted by Crippen LogP contribution is 2.34. The lowest BCUT2D eigenvalue weighted by Crippen LogP contribution is -2.43. The Kier molecular flexibility index (Phi) is 6.02. The monoisotopic (exact) mass is 348 g/mol. The number of hydrogen-bond donors (Lipinski definition) is 3. The van der Waals surface area contributed by atoms with E-state index in [1.165, 1.54) is 32.2 Å². The number of nitrogens with zero attached hydrogens (tertiary/aromatic N) is 2. The second-order valence-corrected chi connectivity index (χ2v) is 7.54. The first-order valence-electron chi connectivity index (χ1n) is 9.61. The third-order valence-electron chi connectivity index (χ3n) is 4.89. The van der Waals surface area contributed by atoms with Crippen LogP contribution in [0, 0.1) is 5.92 Å². The van der Waals surface area contributed by atoms with E-state index in [0.29, 0.717) is 5.76 Å². The van der Waals surface area contributed by atoms with E-state index >= 15 is 0 Å². The van der Waals surface area contributed by atoms with Crippen LogP contribution in [0.4, 0.5) is 0 Å². The van der Waals surface area contributed by atoms with Crippen molar-refractivity contribution in [3.05, 3.63) is 24.2 Å². The molecule has 0 radical (unpaired) electrons. The minimum atomic E-state index is -1.10. The lowest BCUT2D eigenvalue weighted by atomic mass is 10.0. The molecule has 6 heteroatoms. The maximum Gasteiger partial charge on any atom is 0.191 e. The third-order valence-corrected chi connectivity index (χ3v) is 4.89. The van der Waals surface area contributed by atoms with E-state index in [1.807, 2.05) is 6.92 Å². The Morgan fingerprint density at radius 3 is 2.76 bits per heavy atom. The first kappa shape index (κ1) is 18.3. The fourth-order valence-corrected chi connectivity index (χ4v) is 3.05. The maximum atomic E-state index is 10.5. The molecule has 1 heterocycles. The Balaban J connectivity index is 1.48. The molecule has 2 fully saturated rings. The largest absolute Gasteiger partial charge is 0.466 e. The molecule has 0 saturated heterocycles. The SMILES string of the molecule is CCNC(=NCC(C)(O)c1ccco1)NCCN(CC1CC1)C1CC1. The van der Waals surface area contributed by atoms with E-state index in [4.69, 9.17) is 4.42 Å². The van der Waals surface area contributed by atoms with Crippen LogP contribution in [0.1, 0.15) is 45.3 Å². The molecule has 3 rings (SSSR count). The summed E-state index contributed by atoms with van der Waals surface area (Å²) in [6.07, 6.45) is 7.09. The van der Waals surface area contributed by atoms with Gasteiger partial charge in [-0.3, -0.25) is 4.90 Å². The van der Waals surface area contributed by atoms with E-state index in [1.54, 1.807) is 25.3 Å². The highest BCUT2D eigenvalue weighted by atomic mass is 16.4. The molecule has 2 aliphatic rings. The van der Waals surface area contributed by atoms with Crippen LogP contribution in [0.3, 0.4) is 0 Å². The summed E-state index contributed by atoms with van der Waals surface area (Å²) < 4.78 is 5.31. The van der Waals surface area contributed by atoms with Gasteiger partial charge in [0.05, 0.1) is 12.8 Å². The molecule has 1 aromatic heterocycles. The van der Waals surface area contributed by atoms with E-state index < -0.39 is 5.60 Å². The summed E-state index contributed by atoms with van der Waals surface area (Å²) in [5.74, 6) is 2.22. The second kappa shape index (κ2) is 8.23. The van der Waals surface area contributed by atoms with Crippen LogP contribution in [0.25, 0.3) is 0 Å². The minimum absolute atomic E-state index is 0.254. The van der Waals surface area contributed by atoms with Crippen molar-refractivity contribution in [3.8, 4) is 0 Å². The molecule has 2 aliphatic carbocycles. The molecule has 2 saturated carbocycles. The highest BCUT2D eigenvalue weighted by molar-refractivity contribution is 5.79. The van der Waals surface area contributed by atoms with Crippen LogP contribution >= 0.6 is 0 Å². The predicted octanol–water partition coefficient (Wildman–Crippen LogP) is 1.92. The van der Waals surface area contributed by atoms with E-state index in [0.717, 1.165) is 37.6 Å². The van der Waals surface area contributed by atoms with Gasteiger partial charge in [0.1, 0.15) is 11.4 Å². The smallest absolute Gasteiger partial charge is 0.191 e. The van der Waals surface area contributed by atoms with Gasteiger partial charge < -0.3 is 20.2 Å². The zero-order valence-corrected chi connectivity index (χ0v) is 15.5. The third kappa shape index (κ3) is 5.75. The predicted molar refractivity (Wildman–Crippen MR) is 99.6 cm³/mol. The zero-order valence-electron chi connectivity index (χ0n) is 15.5. The number of furan rings is 1. The zero-order chi connectivity index (χ0) is 17.7. The summed E-state index contributed by atoms with van der Waals surface area (Å²) in [5.41, 5.74) is -1.10. The van der Waals surface area contributed by atoms with E-state index in [2.05, 4.69) is 20.5 Å². The van der Waals surface area contributed by atoms with Crippen LogP contribution in [-0.4, -0.2) is 54.7 Å². The van der Waals surface area contributed by atoms with Crippen molar-refractivity contribution in [3.63, 3.8) is 0 Å². The van der Waals surface area contributed by atoms with E-state index in [9.17, 15) is 5.11 Å². The van der Waals surface area contributed by atoms with Crippen molar-refractivity contribution in [1.82, 2.24) is 15.5 Å². The first-order valence-corrected chi connectivity index (χ1v) is 9.61. The van der Waals surface area contributed by atoms with Gasteiger partial charge in [-0.15, -0.1) is 0 Å². The second-order valence-electron chi connectivity index (χ2n) is 7.54. The fraction of sp³-hybridized carbons (Fsp3) is 0.737. The van der Waals surface area contributed by atoms with Crippen molar-refractivity contribution in [2.45, 2.75) is 51.2 Å². The highest BCUT2D eigenvalue weighted by Gasteiger charge is 2.33. The van der Waals surface area contributed by atoms with Crippen molar-refractivity contribution in [1.29, 1.82) is 0 Å². The summed E-state index contributed by atoms with van der Waals surface area (Å²) >= 11 is 0. The number of aliphatic imine (C=N–C) groups is 1. The first-order chi connectivity index (χ1) is 12.1. The van der Waals surface area contributed by atoms with Gasteiger partial charge >= 0.3 is 0 Å². The van der Waals surface area contributed by atoms with Gasteiger partial charge in [-0.2, -0.15) is 0 Å². The van der Waals surface area contributed by atoms with Crippen LogP contribution < -0.4 is 10.6 Å². The Bertz CT molecular complexity index is 548. The normalized spacial score (nSPS) is 20.6. The van der Waals surface area contributed by atoms with Gasteiger partial charge in [-0.1, -0.05) is 0 Å². The Morgan fingerprint density at radius 1 is 1.36 bits per heavy atom. The molecule has 0 bridgehead atoms. The lowest BCUT2D eigenvalue weighted by Gasteiger charge is -2.23. The van der Waals surface area contributed by atoms with Crippen molar-refractivity contribution >= 4 is 5.96 Å². The number of hydrogen-bond acceptors (Lipinski definition) is 4. The molecule has 1 unspecified atom stereocenters. The summed E-state index contributed by atoms with van der Waals surface area (Å²) in [4.78, 5) is 7.17. The number of guanidine groups is 1. The van der Waals surface area contributed by atoms with Gasteiger partial charge in [0.15, 0.2) is 5.96 Å². The summed E-state index contributed by atoms with van der Waals surface area (Å²) in [7, 11) is 0. The fourth-order valence-electron chi connectivity index (χ4n) is 3.05. The van der Waals surface area contributed by atoms with Crippen LogP contribution in [-0.2, 0) is 5.60 Å². The van der Waals surface area contributed by atoms with Crippen LogP contribution in [0.2, 0.25) is 0 Å². The van der Waals surface area contributed by atoms with Gasteiger partial charge in [0.2, 0.25) is 0 Å². The van der Waals surface area contributed by atoms with Crippen molar-refractivity contribution < 1.29 is 9.52 Å². The molecular formula is C19H32N4O2. The molecule has 1 atom stereocenters. The molecule has 140 valence electrons. The van der Waals surface area contributed by atoms with Gasteiger partial charge in [-0.05, 0) is 57.6 Å². The van der Waals surface area contributed by atoms with Crippen molar-refractivity contribution in [2.75, 3.05) is 32.7 Å². The summed E-state index contributed by atoms with van der Waals surface area (Å²) in [5, 5.41) is 17.2. The molecule has 0 spiro atoms. The van der Waals surface area contributed by atoms with Gasteiger partial charge in [0, 0.05) is 32.2 Å². The van der Waals surface area contributed by atoms with Gasteiger partial charge in [-0.25, -0.2) is 4.99 Å². The summed E-state index contributed by atoms with van der Waals surface area (Å²) in [6, 6.07) is 4.37. The van der Waals surface area contributed by atoms with E-state index in [-0.39, 0.29) is 6.54 Å². The number of nitrogens with one attached hydrogen (secondary N) is 2. The summed E-state index contributed by atoms with van der Waals surface area (Å²) in [6.45, 7) is 8.01. The molecule has 0 amide bonds. The number of rotatable bonds is 10.